The summed E-state index contributed by atoms with van der Waals surface area (Å²) in [5, 5.41) is 5.22. The lowest BCUT2D eigenvalue weighted by atomic mass is 10.1. The number of carbonyl (C=O) groups excluding carboxylic acids is 1. The largest absolute Gasteiger partial charge is 0.486 e. The molecule has 1 N–H and O–H groups in total. The highest BCUT2D eigenvalue weighted by Gasteiger charge is 2.19. The number of hydrogen-bond acceptors (Lipinski definition) is 4. The van der Waals surface area contributed by atoms with Crippen LogP contribution in [0.15, 0.2) is 29.6 Å². The van der Waals surface area contributed by atoms with Crippen LogP contribution in [0.1, 0.15) is 15.2 Å². The van der Waals surface area contributed by atoms with Crippen LogP contribution in [-0.2, 0) is 6.54 Å². The van der Waals surface area contributed by atoms with Crippen LogP contribution in [0.4, 0.5) is 0 Å². The molecular formula is C14H12ClNO3S. The number of ether oxygens (including phenoxy) is 2. The Balaban J connectivity index is 1.76. The Bertz CT molecular complexity index is 628. The van der Waals surface area contributed by atoms with Gasteiger partial charge in [0.2, 0.25) is 0 Å². The van der Waals surface area contributed by atoms with Crippen LogP contribution in [0.3, 0.4) is 0 Å². The molecule has 1 aromatic heterocycles. The fourth-order valence-corrected chi connectivity index (χ4v) is 2.83. The zero-order chi connectivity index (χ0) is 13.9. The molecule has 1 aliphatic rings. The minimum absolute atomic E-state index is 0.183. The van der Waals surface area contributed by atoms with E-state index in [1.165, 1.54) is 0 Å². The van der Waals surface area contributed by atoms with Crippen molar-refractivity contribution in [2.24, 2.45) is 0 Å². The van der Waals surface area contributed by atoms with Gasteiger partial charge >= 0.3 is 0 Å². The van der Waals surface area contributed by atoms with Gasteiger partial charge in [0, 0.05) is 10.4 Å². The van der Waals surface area contributed by atoms with Crippen LogP contribution in [0, 0.1) is 0 Å². The van der Waals surface area contributed by atoms with Crippen LogP contribution < -0.4 is 14.8 Å². The zero-order valence-corrected chi connectivity index (χ0v) is 12.1. The van der Waals surface area contributed by atoms with Crippen molar-refractivity contribution < 1.29 is 14.3 Å². The van der Waals surface area contributed by atoms with E-state index in [4.69, 9.17) is 21.1 Å². The molecular weight excluding hydrogens is 298 g/mol. The summed E-state index contributed by atoms with van der Waals surface area (Å²) in [6, 6.07) is 7.18. The third kappa shape index (κ3) is 2.73. The van der Waals surface area contributed by atoms with E-state index in [0.29, 0.717) is 41.8 Å². The Morgan fingerprint density at radius 1 is 1.35 bits per heavy atom. The molecule has 3 rings (SSSR count). The first kappa shape index (κ1) is 13.3. The van der Waals surface area contributed by atoms with Crippen molar-refractivity contribution in [2.75, 3.05) is 13.2 Å². The van der Waals surface area contributed by atoms with Crippen LogP contribution in [0.25, 0.3) is 0 Å². The number of benzene rings is 1. The van der Waals surface area contributed by atoms with Crippen molar-refractivity contribution in [3.63, 3.8) is 0 Å². The van der Waals surface area contributed by atoms with Gasteiger partial charge < -0.3 is 14.8 Å². The number of thiophene rings is 1. The monoisotopic (exact) mass is 309 g/mol. The maximum atomic E-state index is 12.1. The van der Waals surface area contributed by atoms with Gasteiger partial charge in [-0.15, -0.1) is 11.3 Å². The Kier molecular flexibility index (Phi) is 3.80. The van der Waals surface area contributed by atoms with Crippen LogP contribution in [0.5, 0.6) is 11.5 Å². The minimum atomic E-state index is -0.183. The summed E-state index contributed by atoms with van der Waals surface area (Å²) in [5.74, 6) is 0.843. The topological polar surface area (TPSA) is 47.6 Å². The van der Waals surface area contributed by atoms with Crippen molar-refractivity contribution in [3.05, 3.63) is 45.1 Å². The normalized spacial score (nSPS) is 13.1. The van der Waals surface area contributed by atoms with E-state index in [2.05, 4.69) is 5.32 Å². The van der Waals surface area contributed by atoms with Gasteiger partial charge in [-0.1, -0.05) is 17.7 Å². The number of carbonyl (C=O) groups is 1. The summed E-state index contributed by atoms with van der Waals surface area (Å²) < 4.78 is 10.9. The molecule has 20 heavy (non-hydrogen) atoms. The second-order valence-electron chi connectivity index (χ2n) is 4.24. The molecule has 1 aliphatic heterocycles. The molecule has 0 spiro atoms. The third-order valence-electron chi connectivity index (χ3n) is 2.86. The van der Waals surface area contributed by atoms with Crippen molar-refractivity contribution in [1.29, 1.82) is 0 Å². The van der Waals surface area contributed by atoms with E-state index in [1.54, 1.807) is 23.5 Å². The highest BCUT2D eigenvalue weighted by molar-refractivity contribution is 7.09. The van der Waals surface area contributed by atoms with E-state index in [9.17, 15) is 4.79 Å². The van der Waals surface area contributed by atoms with Crippen molar-refractivity contribution >= 4 is 28.8 Å². The number of rotatable bonds is 3. The molecule has 0 saturated carbocycles. The minimum Gasteiger partial charge on any atom is -0.486 e. The van der Waals surface area contributed by atoms with Crippen molar-refractivity contribution in [2.45, 2.75) is 6.54 Å². The van der Waals surface area contributed by atoms with Gasteiger partial charge in [0.15, 0.2) is 11.5 Å². The number of fused-ring (bicyclic) bond motifs is 1. The zero-order valence-electron chi connectivity index (χ0n) is 10.5. The molecule has 0 radical (unpaired) electrons. The number of hydrogen-bond donors (Lipinski definition) is 1. The SMILES string of the molecule is O=C(NCc1cccs1)c1cc(Cl)c2c(c1)OCCO2. The molecule has 0 unspecified atom stereocenters. The lowest BCUT2D eigenvalue weighted by Crippen LogP contribution is -2.23. The lowest BCUT2D eigenvalue weighted by molar-refractivity contribution is 0.0950. The molecule has 1 aromatic carbocycles. The van der Waals surface area contributed by atoms with E-state index < -0.39 is 0 Å². The Morgan fingerprint density at radius 3 is 3.00 bits per heavy atom. The molecule has 0 aliphatic carbocycles. The number of nitrogens with one attached hydrogen (secondary N) is 1. The molecule has 4 nitrogen and oxygen atoms in total. The molecule has 1 amide bonds. The number of amides is 1. The third-order valence-corrected chi connectivity index (χ3v) is 4.02. The van der Waals surface area contributed by atoms with Gasteiger partial charge in [-0.05, 0) is 23.6 Å². The average Bonchev–Trinajstić information content (AvgIpc) is 2.98. The second-order valence-corrected chi connectivity index (χ2v) is 5.68. The molecule has 0 fully saturated rings. The van der Waals surface area contributed by atoms with E-state index in [-0.39, 0.29) is 5.91 Å². The van der Waals surface area contributed by atoms with Crippen LogP contribution >= 0.6 is 22.9 Å². The van der Waals surface area contributed by atoms with Crippen molar-refractivity contribution in [1.82, 2.24) is 5.32 Å². The van der Waals surface area contributed by atoms with Crippen LogP contribution in [0.2, 0.25) is 5.02 Å². The lowest BCUT2D eigenvalue weighted by Gasteiger charge is -2.20. The summed E-state index contributed by atoms with van der Waals surface area (Å²) in [4.78, 5) is 13.2. The summed E-state index contributed by atoms with van der Waals surface area (Å²) >= 11 is 7.71. The maximum Gasteiger partial charge on any atom is 0.251 e. The molecule has 2 heterocycles. The Labute approximate surface area is 125 Å². The van der Waals surface area contributed by atoms with E-state index in [0.717, 1.165) is 4.88 Å². The second kappa shape index (κ2) is 5.73. The van der Waals surface area contributed by atoms with Crippen molar-refractivity contribution in [3.8, 4) is 11.5 Å². The van der Waals surface area contributed by atoms with Gasteiger partial charge in [-0.2, -0.15) is 0 Å². The first-order valence-corrected chi connectivity index (χ1v) is 7.39. The maximum absolute atomic E-state index is 12.1. The summed E-state index contributed by atoms with van der Waals surface area (Å²) in [7, 11) is 0. The van der Waals surface area contributed by atoms with E-state index >= 15 is 0 Å². The van der Waals surface area contributed by atoms with Gasteiger partial charge in [-0.3, -0.25) is 4.79 Å². The molecule has 0 atom stereocenters. The first-order valence-electron chi connectivity index (χ1n) is 6.14. The Hall–Kier alpha value is -1.72. The fraction of sp³-hybridized carbons (Fsp3) is 0.214. The summed E-state index contributed by atoms with van der Waals surface area (Å²) in [5.41, 5.74) is 0.468. The average molecular weight is 310 g/mol. The predicted octanol–water partition coefficient (Wildman–Crippen LogP) is 3.10. The van der Waals surface area contributed by atoms with Crippen LogP contribution in [-0.4, -0.2) is 19.1 Å². The first-order chi connectivity index (χ1) is 9.74. The molecule has 2 aromatic rings. The van der Waals surface area contributed by atoms with Gasteiger partial charge in [0.05, 0.1) is 11.6 Å². The summed E-state index contributed by atoms with van der Waals surface area (Å²) in [6.07, 6.45) is 0. The fourth-order valence-electron chi connectivity index (χ4n) is 1.92. The standard InChI is InChI=1S/C14H12ClNO3S/c15-11-6-9(7-12-13(11)19-4-3-18-12)14(17)16-8-10-2-1-5-20-10/h1-2,5-7H,3-4,8H2,(H,16,17). The predicted molar refractivity (Wildman–Crippen MR) is 77.9 cm³/mol. The highest BCUT2D eigenvalue weighted by Crippen LogP contribution is 2.38. The molecule has 6 heteroatoms. The smallest absolute Gasteiger partial charge is 0.251 e. The highest BCUT2D eigenvalue weighted by atomic mass is 35.5. The van der Waals surface area contributed by atoms with Gasteiger partial charge in [0.1, 0.15) is 13.2 Å². The molecule has 0 saturated heterocycles. The quantitative estimate of drug-likeness (QED) is 0.947. The van der Waals surface area contributed by atoms with Gasteiger partial charge in [-0.25, -0.2) is 0 Å². The van der Waals surface area contributed by atoms with Gasteiger partial charge in [0.25, 0.3) is 5.91 Å². The summed E-state index contributed by atoms with van der Waals surface area (Å²) in [6.45, 7) is 1.43. The number of halogens is 1. The molecule has 104 valence electrons. The Morgan fingerprint density at radius 2 is 2.20 bits per heavy atom. The van der Waals surface area contributed by atoms with E-state index in [1.807, 2.05) is 17.5 Å². The molecule has 0 bridgehead atoms.